The Kier molecular flexibility index (Phi) is 9.22. The Morgan fingerprint density at radius 1 is 0.911 bits per heavy atom. The van der Waals surface area contributed by atoms with Gasteiger partial charge in [-0.2, -0.15) is 0 Å². The highest BCUT2D eigenvalue weighted by atomic mass is 16.4. The van der Waals surface area contributed by atoms with Crippen LogP contribution < -0.4 is 16.2 Å². The normalized spacial score (nSPS) is 20.6. The molecule has 10 heteroatoms. The van der Waals surface area contributed by atoms with Gasteiger partial charge in [0.05, 0.1) is 11.3 Å². The number of fused-ring (bicyclic) bond motifs is 1. The molecule has 45 heavy (non-hydrogen) atoms. The van der Waals surface area contributed by atoms with E-state index >= 15 is 0 Å². The molecule has 3 atom stereocenters. The van der Waals surface area contributed by atoms with Crippen LogP contribution in [0.3, 0.4) is 0 Å². The van der Waals surface area contributed by atoms with Gasteiger partial charge in [0.1, 0.15) is 11.6 Å². The standard InChI is InChI=1S/C35H40N4O6/c1-22(2)29(33(43)44)37-34(45)35(23-10-5-4-6-11-23)18-15-26(25-12-7-8-14-28(25)35)32(42)39-20-16-24(17-21-39)36-30(40)27-13-9-19-38(3)31(27)41/h4-14,19,22,24,26,29H,15-18,20-21H2,1-3H3,(H,36,40)(H,37,45)(H,43,44)/t26-,29+,35+/m0/s1. The summed E-state index contributed by atoms with van der Waals surface area (Å²) in [5, 5.41) is 15.6. The molecule has 236 valence electrons. The maximum atomic E-state index is 14.2. The molecule has 0 unspecified atom stereocenters. The average Bonchev–Trinajstić information content (AvgIpc) is 3.04. The predicted molar refractivity (Wildman–Crippen MR) is 169 cm³/mol. The number of piperidine rings is 1. The first-order valence-corrected chi connectivity index (χ1v) is 15.5. The number of aryl methyl sites for hydroxylation is 1. The second kappa shape index (κ2) is 13.1. The largest absolute Gasteiger partial charge is 0.480 e. The van der Waals surface area contributed by atoms with Gasteiger partial charge in [0, 0.05) is 32.4 Å². The van der Waals surface area contributed by atoms with Gasteiger partial charge in [-0.1, -0.05) is 68.4 Å². The Hall–Kier alpha value is -4.73. The van der Waals surface area contributed by atoms with Crippen LogP contribution in [0.4, 0.5) is 0 Å². The zero-order valence-electron chi connectivity index (χ0n) is 25.9. The second-order valence-corrected chi connectivity index (χ2v) is 12.4. The second-order valence-electron chi connectivity index (χ2n) is 12.4. The number of benzene rings is 2. The first kappa shape index (κ1) is 31.7. The number of nitrogens with zero attached hydrogens (tertiary/aromatic N) is 2. The van der Waals surface area contributed by atoms with Crippen molar-refractivity contribution in [2.45, 2.75) is 62.9 Å². The van der Waals surface area contributed by atoms with E-state index in [0.29, 0.717) is 44.3 Å². The predicted octanol–water partition coefficient (Wildman–Crippen LogP) is 3.20. The molecule has 0 radical (unpaired) electrons. The van der Waals surface area contributed by atoms with E-state index in [1.807, 2.05) is 59.5 Å². The van der Waals surface area contributed by atoms with Gasteiger partial charge in [0.15, 0.2) is 0 Å². The molecule has 0 bridgehead atoms. The maximum Gasteiger partial charge on any atom is 0.326 e. The van der Waals surface area contributed by atoms with Crippen LogP contribution in [-0.4, -0.2) is 63.4 Å². The van der Waals surface area contributed by atoms with Gasteiger partial charge in [0.25, 0.3) is 11.5 Å². The van der Waals surface area contributed by atoms with Gasteiger partial charge in [-0.3, -0.25) is 19.2 Å². The number of carbonyl (C=O) groups excluding carboxylic acids is 3. The van der Waals surface area contributed by atoms with Crippen LogP contribution in [0.2, 0.25) is 0 Å². The maximum absolute atomic E-state index is 14.2. The molecule has 1 fully saturated rings. The summed E-state index contributed by atoms with van der Waals surface area (Å²) < 4.78 is 1.36. The zero-order chi connectivity index (χ0) is 32.3. The van der Waals surface area contributed by atoms with Crippen LogP contribution in [0.5, 0.6) is 0 Å². The van der Waals surface area contributed by atoms with Crippen molar-refractivity contribution in [3.8, 4) is 0 Å². The highest BCUT2D eigenvalue weighted by Crippen LogP contribution is 2.48. The third-order valence-corrected chi connectivity index (χ3v) is 9.29. The summed E-state index contributed by atoms with van der Waals surface area (Å²) in [4.78, 5) is 67.3. The minimum Gasteiger partial charge on any atom is -0.480 e. The number of carboxylic acids is 1. The Labute approximate surface area is 262 Å². The van der Waals surface area contributed by atoms with Crippen molar-refractivity contribution >= 4 is 23.7 Å². The number of rotatable bonds is 8. The van der Waals surface area contributed by atoms with E-state index in [2.05, 4.69) is 10.6 Å². The summed E-state index contributed by atoms with van der Waals surface area (Å²) in [7, 11) is 1.60. The fourth-order valence-electron chi connectivity index (χ4n) is 6.76. The summed E-state index contributed by atoms with van der Waals surface area (Å²) in [5.41, 5.74) is 0.784. The quantitative estimate of drug-likeness (QED) is 0.357. The molecule has 0 saturated carbocycles. The molecule has 5 rings (SSSR count). The Morgan fingerprint density at radius 2 is 1.58 bits per heavy atom. The van der Waals surface area contributed by atoms with Crippen LogP contribution in [0.25, 0.3) is 0 Å². The third-order valence-electron chi connectivity index (χ3n) is 9.29. The van der Waals surface area contributed by atoms with Crippen LogP contribution in [0.15, 0.2) is 77.7 Å². The van der Waals surface area contributed by atoms with Crippen molar-refractivity contribution in [3.05, 3.63) is 106 Å². The minimum absolute atomic E-state index is 0.0307. The molecule has 10 nitrogen and oxygen atoms in total. The van der Waals surface area contributed by atoms with Crippen LogP contribution in [0, 0.1) is 5.92 Å². The molecule has 3 amide bonds. The van der Waals surface area contributed by atoms with Gasteiger partial charge in [-0.05, 0) is 60.4 Å². The Bertz CT molecular complexity index is 1640. The molecular weight excluding hydrogens is 572 g/mol. The summed E-state index contributed by atoms with van der Waals surface area (Å²) in [5.74, 6) is -2.72. The van der Waals surface area contributed by atoms with E-state index < -0.39 is 35.2 Å². The van der Waals surface area contributed by atoms with E-state index in [0.717, 1.165) is 11.1 Å². The SMILES string of the molecule is CC(C)[C@@H](NC(=O)[C@@]1(c2ccccc2)CC[C@H](C(=O)N2CCC(NC(=O)c3cccn(C)c3=O)CC2)c2ccccc21)C(=O)O. The van der Waals surface area contributed by atoms with E-state index in [9.17, 15) is 29.1 Å². The number of likely N-dealkylation sites (tertiary alicyclic amines) is 1. The minimum atomic E-state index is -1.16. The van der Waals surface area contributed by atoms with Crippen molar-refractivity contribution in [1.82, 2.24) is 20.1 Å². The van der Waals surface area contributed by atoms with E-state index in [1.165, 1.54) is 10.6 Å². The van der Waals surface area contributed by atoms with Crippen molar-refractivity contribution < 1.29 is 24.3 Å². The molecule has 1 aromatic heterocycles. The lowest BCUT2D eigenvalue weighted by Gasteiger charge is -2.43. The number of hydrogen-bond donors (Lipinski definition) is 3. The van der Waals surface area contributed by atoms with Crippen molar-refractivity contribution in [3.63, 3.8) is 0 Å². The average molecular weight is 613 g/mol. The van der Waals surface area contributed by atoms with Crippen LogP contribution >= 0.6 is 0 Å². The number of amides is 3. The zero-order valence-corrected chi connectivity index (χ0v) is 25.9. The van der Waals surface area contributed by atoms with Gasteiger partial charge < -0.3 is 25.2 Å². The lowest BCUT2D eigenvalue weighted by molar-refractivity contribution is -0.144. The summed E-state index contributed by atoms with van der Waals surface area (Å²) in [6.07, 6.45) is 3.45. The molecule has 1 aliphatic heterocycles. The topological polar surface area (TPSA) is 138 Å². The van der Waals surface area contributed by atoms with E-state index in [4.69, 9.17) is 0 Å². The lowest BCUT2D eigenvalue weighted by atomic mass is 9.62. The smallest absolute Gasteiger partial charge is 0.326 e. The molecule has 3 aromatic rings. The Balaban J connectivity index is 1.37. The van der Waals surface area contributed by atoms with Gasteiger partial charge in [-0.25, -0.2) is 4.79 Å². The van der Waals surface area contributed by atoms with Crippen LogP contribution in [-0.2, 0) is 26.8 Å². The van der Waals surface area contributed by atoms with Crippen molar-refractivity contribution in [2.75, 3.05) is 13.1 Å². The Morgan fingerprint density at radius 3 is 2.24 bits per heavy atom. The van der Waals surface area contributed by atoms with Gasteiger partial charge in [0.2, 0.25) is 11.8 Å². The number of nitrogens with one attached hydrogen (secondary N) is 2. The lowest BCUT2D eigenvalue weighted by Crippen LogP contribution is -2.55. The third kappa shape index (κ3) is 6.14. The van der Waals surface area contributed by atoms with E-state index in [-0.39, 0.29) is 29.0 Å². The van der Waals surface area contributed by atoms with Crippen molar-refractivity contribution in [1.29, 1.82) is 0 Å². The van der Waals surface area contributed by atoms with Gasteiger partial charge in [-0.15, -0.1) is 0 Å². The number of carboxylic acid groups (broad SMARTS) is 1. The summed E-state index contributed by atoms with van der Waals surface area (Å²) in [6.45, 7) is 4.42. The number of hydrogen-bond acceptors (Lipinski definition) is 5. The number of aromatic nitrogens is 1. The number of pyridine rings is 1. The molecule has 2 aromatic carbocycles. The van der Waals surface area contributed by atoms with E-state index in [1.54, 1.807) is 33.2 Å². The molecule has 3 N–H and O–H groups in total. The first-order chi connectivity index (χ1) is 21.5. The fourth-order valence-corrected chi connectivity index (χ4v) is 6.76. The first-order valence-electron chi connectivity index (χ1n) is 15.5. The summed E-state index contributed by atoms with van der Waals surface area (Å²) in [6, 6.07) is 18.8. The molecule has 0 spiro atoms. The monoisotopic (exact) mass is 612 g/mol. The van der Waals surface area contributed by atoms with Crippen molar-refractivity contribution in [2.24, 2.45) is 13.0 Å². The summed E-state index contributed by atoms with van der Waals surface area (Å²) >= 11 is 0. The highest BCUT2D eigenvalue weighted by molar-refractivity contribution is 5.97. The molecule has 2 heterocycles. The number of aliphatic carboxylic acids is 1. The molecular formula is C35H40N4O6. The molecule has 1 saturated heterocycles. The van der Waals surface area contributed by atoms with Crippen LogP contribution in [0.1, 0.15) is 72.5 Å². The number of carbonyl (C=O) groups is 4. The highest BCUT2D eigenvalue weighted by Gasteiger charge is 2.49. The fraction of sp³-hybridized carbons (Fsp3) is 0.400. The van der Waals surface area contributed by atoms with Gasteiger partial charge >= 0.3 is 5.97 Å². The molecule has 2 aliphatic rings. The molecule has 1 aliphatic carbocycles.